The SMILES string of the molecule is CCS(=O)(=O)NCC(N)CC=C(C)CCC=C(C)C. The molecule has 0 aromatic carbocycles. The average Bonchev–Trinajstić information content (AvgIpc) is 2.33. The molecule has 0 radical (unpaired) electrons. The highest BCUT2D eigenvalue weighted by atomic mass is 32.2. The van der Waals surface area contributed by atoms with Crippen molar-refractivity contribution in [2.75, 3.05) is 12.3 Å². The van der Waals surface area contributed by atoms with E-state index in [0.717, 1.165) is 12.8 Å². The van der Waals surface area contributed by atoms with Crippen LogP contribution in [-0.4, -0.2) is 26.8 Å². The van der Waals surface area contributed by atoms with Crippen molar-refractivity contribution < 1.29 is 8.42 Å². The first-order chi connectivity index (χ1) is 8.76. The number of nitrogens with two attached hydrogens (primary N) is 1. The van der Waals surface area contributed by atoms with Crippen LogP contribution < -0.4 is 10.5 Å². The lowest BCUT2D eigenvalue weighted by atomic mass is 10.1. The van der Waals surface area contributed by atoms with Crippen LogP contribution >= 0.6 is 0 Å². The van der Waals surface area contributed by atoms with Gasteiger partial charge in [-0.05, 0) is 47.0 Å². The number of hydrogen-bond acceptors (Lipinski definition) is 3. The van der Waals surface area contributed by atoms with Gasteiger partial charge in [0.05, 0.1) is 5.75 Å². The molecule has 3 N–H and O–H groups in total. The van der Waals surface area contributed by atoms with Crippen LogP contribution in [0.2, 0.25) is 0 Å². The third-order valence-electron chi connectivity index (χ3n) is 2.81. The zero-order valence-corrected chi connectivity index (χ0v) is 13.4. The topological polar surface area (TPSA) is 72.2 Å². The first-order valence-corrected chi connectivity index (χ1v) is 8.44. The number of nitrogens with one attached hydrogen (secondary N) is 1. The Morgan fingerprint density at radius 3 is 2.42 bits per heavy atom. The second-order valence-electron chi connectivity index (χ2n) is 5.12. The normalized spacial score (nSPS) is 14.3. The smallest absolute Gasteiger partial charge is 0.211 e. The summed E-state index contributed by atoms with van der Waals surface area (Å²) in [7, 11) is -3.14. The van der Waals surface area contributed by atoms with E-state index in [4.69, 9.17) is 5.73 Å². The molecule has 112 valence electrons. The lowest BCUT2D eigenvalue weighted by Crippen LogP contribution is -2.37. The monoisotopic (exact) mass is 288 g/mol. The minimum atomic E-state index is -3.14. The van der Waals surface area contributed by atoms with Gasteiger partial charge in [-0.15, -0.1) is 0 Å². The first-order valence-electron chi connectivity index (χ1n) is 6.78. The summed E-state index contributed by atoms with van der Waals surface area (Å²) in [6.07, 6.45) is 7.09. The summed E-state index contributed by atoms with van der Waals surface area (Å²) < 4.78 is 25.0. The number of sulfonamides is 1. The van der Waals surface area contributed by atoms with E-state index in [1.54, 1.807) is 6.92 Å². The molecule has 4 nitrogen and oxygen atoms in total. The van der Waals surface area contributed by atoms with Crippen LogP contribution in [0.1, 0.15) is 47.0 Å². The van der Waals surface area contributed by atoms with Crippen molar-refractivity contribution in [1.29, 1.82) is 0 Å². The molecule has 0 aromatic heterocycles. The predicted molar refractivity (Wildman–Crippen MR) is 82.5 cm³/mol. The minimum absolute atomic E-state index is 0.0945. The van der Waals surface area contributed by atoms with Gasteiger partial charge in [-0.25, -0.2) is 13.1 Å². The Morgan fingerprint density at radius 1 is 1.26 bits per heavy atom. The van der Waals surface area contributed by atoms with E-state index in [9.17, 15) is 8.42 Å². The molecule has 0 saturated heterocycles. The number of rotatable bonds is 9. The van der Waals surface area contributed by atoms with Gasteiger partial charge in [0.15, 0.2) is 0 Å². The molecule has 0 saturated carbocycles. The molecule has 0 aliphatic heterocycles. The average molecular weight is 288 g/mol. The van der Waals surface area contributed by atoms with E-state index in [-0.39, 0.29) is 11.8 Å². The molecule has 19 heavy (non-hydrogen) atoms. The lowest BCUT2D eigenvalue weighted by molar-refractivity contribution is 0.569. The highest BCUT2D eigenvalue weighted by molar-refractivity contribution is 7.89. The molecule has 0 heterocycles. The van der Waals surface area contributed by atoms with Gasteiger partial charge in [-0.2, -0.15) is 0 Å². The molecule has 0 fully saturated rings. The highest BCUT2D eigenvalue weighted by Crippen LogP contribution is 2.08. The molecule has 0 amide bonds. The largest absolute Gasteiger partial charge is 0.326 e. The molecular weight excluding hydrogens is 260 g/mol. The third-order valence-corrected chi connectivity index (χ3v) is 4.17. The summed E-state index contributed by atoms with van der Waals surface area (Å²) in [5.41, 5.74) is 8.51. The maximum Gasteiger partial charge on any atom is 0.211 e. The molecule has 1 atom stereocenters. The third kappa shape index (κ3) is 10.9. The molecule has 0 bridgehead atoms. The lowest BCUT2D eigenvalue weighted by Gasteiger charge is -2.11. The summed E-state index contributed by atoms with van der Waals surface area (Å²) in [4.78, 5) is 0. The van der Waals surface area contributed by atoms with E-state index < -0.39 is 10.0 Å². The molecule has 0 aliphatic carbocycles. The highest BCUT2D eigenvalue weighted by Gasteiger charge is 2.08. The van der Waals surface area contributed by atoms with E-state index >= 15 is 0 Å². The van der Waals surface area contributed by atoms with Crippen LogP contribution in [0.5, 0.6) is 0 Å². The van der Waals surface area contributed by atoms with Gasteiger partial charge in [0, 0.05) is 12.6 Å². The Labute approximate surface area is 118 Å². The fourth-order valence-corrected chi connectivity index (χ4v) is 2.13. The Bertz CT molecular complexity index is 407. The zero-order valence-electron chi connectivity index (χ0n) is 12.6. The second kappa shape index (κ2) is 9.28. The maximum atomic E-state index is 11.3. The van der Waals surface area contributed by atoms with E-state index in [1.807, 2.05) is 0 Å². The number of allylic oxidation sites excluding steroid dienone is 3. The van der Waals surface area contributed by atoms with Gasteiger partial charge < -0.3 is 5.73 Å². The second-order valence-corrected chi connectivity index (χ2v) is 7.21. The Kier molecular flexibility index (Phi) is 8.97. The molecular formula is C14H28N2O2S. The summed E-state index contributed by atoms with van der Waals surface area (Å²) >= 11 is 0. The molecule has 5 heteroatoms. The van der Waals surface area contributed by atoms with Gasteiger partial charge in [-0.3, -0.25) is 0 Å². The summed E-state index contributed by atoms with van der Waals surface area (Å²) in [6.45, 7) is 8.18. The van der Waals surface area contributed by atoms with Crippen molar-refractivity contribution in [2.24, 2.45) is 5.73 Å². The summed E-state index contributed by atoms with van der Waals surface area (Å²) in [6, 6.07) is -0.167. The Balaban J connectivity index is 4.00. The van der Waals surface area contributed by atoms with Crippen molar-refractivity contribution in [3.63, 3.8) is 0 Å². The van der Waals surface area contributed by atoms with Crippen molar-refractivity contribution in [2.45, 2.75) is 53.0 Å². The summed E-state index contributed by atoms with van der Waals surface area (Å²) in [5, 5.41) is 0. The molecule has 0 spiro atoms. The van der Waals surface area contributed by atoms with Crippen molar-refractivity contribution >= 4 is 10.0 Å². The van der Waals surface area contributed by atoms with E-state index in [1.165, 1.54) is 11.1 Å². The maximum absolute atomic E-state index is 11.3. The van der Waals surface area contributed by atoms with Crippen LogP contribution in [-0.2, 0) is 10.0 Å². The van der Waals surface area contributed by atoms with Crippen LogP contribution in [0.4, 0.5) is 0 Å². The van der Waals surface area contributed by atoms with Crippen molar-refractivity contribution in [1.82, 2.24) is 4.72 Å². The standard InChI is InChI=1S/C14H28N2O2S/c1-5-19(17,18)16-11-14(15)10-9-13(4)8-6-7-12(2)3/h7,9,14,16H,5-6,8,10-11,15H2,1-4H3. The van der Waals surface area contributed by atoms with Crippen LogP contribution in [0.15, 0.2) is 23.3 Å². The van der Waals surface area contributed by atoms with Gasteiger partial charge >= 0.3 is 0 Å². The Hall–Kier alpha value is -0.650. The predicted octanol–water partition coefficient (Wildman–Crippen LogP) is 2.34. The van der Waals surface area contributed by atoms with Gasteiger partial charge in [0.2, 0.25) is 10.0 Å². The molecule has 0 aliphatic rings. The van der Waals surface area contributed by atoms with Crippen LogP contribution in [0.25, 0.3) is 0 Å². The molecule has 0 rings (SSSR count). The van der Waals surface area contributed by atoms with E-state index in [2.05, 4.69) is 37.6 Å². The zero-order chi connectivity index (χ0) is 14.9. The minimum Gasteiger partial charge on any atom is -0.326 e. The number of hydrogen-bond donors (Lipinski definition) is 2. The fraction of sp³-hybridized carbons (Fsp3) is 0.714. The van der Waals surface area contributed by atoms with Crippen LogP contribution in [0.3, 0.4) is 0 Å². The first kappa shape index (κ1) is 18.4. The van der Waals surface area contributed by atoms with Gasteiger partial charge in [0.1, 0.15) is 0 Å². The molecule has 0 aromatic rings. The fourth-order valence-electron chi connectivity index (χ4n) is 1.46. The van der Waals surface area contributed by atoms with Crippen molar-refractivity contribution in [3.05, 3.63) is 23.3 Å². The summed E-state index contributed by atoms with van der Waals surface area (Å²) in [5.74, 6) is 0.0945. The molecule has 1 unspecified atom stereocenters. The quantitative estimate of drug-likeness (QED) is 0.640. The Morgan fingerprint density at radius 2 is 1.89 bits per heavy atom. The van der Waals surface area contributed by atoms with Gasteiger partial charge in [0.25, 0.3) is 0 Å². The van der Waals surface area contributed by atoms with Crippen LogP contribution in [0, 0.1) is 0 Å². The van der Waals surface area contributed by atoms with E-state index in [0.29, 0.717) is 13.0 Å². The van der Waals surface area contributed by atoms with Gasteiger partial charge in [-0.1, -0.05) is 23.3 Å². The van der Waals surface area contributed by atoms with Crippen molar-refractivity contribution in [3.8, 4) is 0 Å².